The molecular weight excluding hydrogens is 168 g/mol. The van der Waals surface area contributed by atoms with Crippen LogP contribution in [-0.2, 0) is 6.54 Å². The molecule has 2 rings (SSSR count). The zero-order chi connectivity index (χ0) is 8.93. The molecule has 2 aromatic heterocycles. The van der Waals surface area contributed by atoms with Crippen molar-refractivity contribution in [3.63, 3.8) is 0 Å². The third kappa shape index (κ3) is 2.02. The average molecular weight is 176 g/mol. The first-order chi connectivity index (χ1) is 6.45. The fraction of sp³-hybridized carbons (Fsp3) is 0.125. The summed E-state index contributed by atoms with van der Waals surface area (Å²) in [4.78, 5) is 3.95. The highest BCUT2D eigenvalue weighted by Gasteiger charge is 1.96. The van der Waals surface area contributed by atoms with Crippen LogP contribution in [0.2, 0.25) is 0 Å². The fourth-order valence-electron chi connectivity index (χ4n) is 0.902. The van der Waals surface area contributed by atoms with Gasteiger partial charge in [0, 0.05) is 6.20 Å². The lowest BCUT2D eigenvalue weighted by Gasteiger charge is -1.99. The molecule has 0 amide bonds. The van der Waals surface area contributed by atoms with Crippen molar-refractivity contribution < 1.29 is 4.42 Å². The van der Waals surface area contributed by atoms with Crippen molar-refractivity contribution >= 4 is 5.82 Å². The standard InChI is InChI=1S/C8H8N4O/c1-2-8(12-11-3-1)9-4-7-5-13-6-10-7/h1-3,5-6H,4H2,(H,9,12). The number of oxazole rings is 1. The Bertz CT molecular complexity index is 346. The van der Waals surface area contributed by atoms with Gasteiger partial charge in [0.25, 0.3) is 0 Å². The van der Waals surface area contributed by atoms with Crippen LogP contribution in [0.1, 0.15) is 5.69 Å². The van der Waals surface area contributed by atoms with Gasteiger partial charge in [-0.3, -0.25) is 0 Å². The Morgan fingerprint density at radius 3 is 3.15 bits per heavy atom. The predicted molar refractivity (Wildman–Crippen MR) is 45.9 cm³/mol. The molecule has 0 aliphatic rings. The zero-order valence-corrected chi connectivity index (χ0v) is 6.84. The van der Waals surface area contributed by atoms with Crippen LogP contribution in [0.25, 0.3) is 0 Å². The predicted octanol–water partition coefficient (Wildman–Crippen LogP) is 1.08. The van der Waals surface area contributed by atoms with Crippen molar-refractivity contribution in [2.45, 2.75) is 6.54 Å². The number of nitrogens with zero attached hydrogens (tertiary/aromatic N) is 3. The number of anilines is 1. The quantitative estimate of drug-likeness (QED) is 0.758. The lowest BCUT2D eigenvalue weighted by molar-refractivity contribution is 0.556. The van der Waals surface area contributed by atoms with E-state index >= 15 is 0 Å². The van der Waals surface area contributed by atoms with Crippen LogP contribution in [0, 0.1) is 0 Å². The maximum absolute atomic E-state index is 4.82. The molecule has 0 spiro atoms. The molecule has 0 atom stereocenters. The van der Waals surface area contributed by atoms with Gasteiger partial charge in [0.1, 0.15) is 12.1 Å². The Labute approximate surface area is 74.8 Å². The van der Waals surface area contributed by atoms with Crippen molar-refractivity contribution in [2.75, 3.05) is 5.32 Å². The monoisotopic (exact) mass is 176 g/mol. The highest BCUT2D eigenvalue weighted by Crippen LogP contribution is 2.01. The molecule has 0 fully saturated rings. The lowest BCUT2D eigenvalue weighted by atomic mass is 10.4. The van der Waals surface area contributed by atoms with E-state index in [0.717, 1.165) is 11.5 Å². The summed E-state index contributed by atoms with van der Waals surface area (Å²) >= 11 is 0. The van der Waals surface area contributed by atoms with Crippen LogP contribution in [0.3, 0.4) is 0 Å². The Kier molecular flexibility index (Phi) is 2.18. The van der Waals surface area contributed by atoms with E-state index in [1.54, 1.807) is 12.5 Å². The second-order valence-corrected chi connectivity index (χ2v) is 2.44. The summed E-state index contributed by atoms with van der Waals surface area (Å²) in [6.07, 6.45) is 4.61. The molecule has 2 aromatic rings. The normalized spacial score (nSPS) is 9.85. The maximum atomic E-state index is 4.82. The topological polar surface area (TPSA) is 63.8 Å². The average Bonchev–Trinajstić information content (AvgIpc) is 2.69. The summed E-state index contributed by atoms with van der Waals surface area (Å²) in [6, 6.07) is 3.66. The van der Waals surface area contributed by atoms with Crippen molar-refractivity contribution in [1.82, 2.24) is 15.2 Å². The molecule has 13 heavy (non-hydrogen) atoms. The molecule has 5 heteroatoms. The molecule has 0 saturated heterocycles. The minimum atomic E-state index is 0.592. The summed E-state index contributed by atoms with van der Waals surface area (Å²) in [7, 11) is 0. The van der Waals surface area contributed by atoms with Gasteiger partial charge in [-0.1, -0.05) is 0 Å². The molecule has 0 aromatic carbocycles. The molecule has 0 unspecified atom stereocenters. The SMILES string of the molecule is c1cnnc(NCc2cocn2)c1. The van der Waals surface area contributed by atoms with Crippen LogP contribution in [0.15, 0.2) is 35.4 Å². The van der Waals surface area contributed by atoms with E-state index in [9.17, 15) is 0 Å². The van der Waals surface area contributed by atoms with E-state index in [1.165, 1.54) is 6.39 Å². The largest absolute Gasteiger partial charge is 0.451 e. The second kappa shape index (κ2) is 3.66. The number of hydrogen-bond donors (Lipinski definition) is 1. The molecule has 0 aliphatic heterocycles. The van der Waals surface area contributed by atoms with Gasteiger partial charge >= 0.3 is 0 Å². The van der Waals surface area contributed by atoms with E-state index < -0.39 is 0 Å². The van der Waals surface area contributed by atoms with Crippen molar-refractivity contribution in [2.24, 2.45) is 0 Å². The van der Waals surface area contributed by atoms with Crippen LogP contribution in [0.4, 0.5) is 5.82 Å². The van der Waals surface area contributed by atoms with Crippen LogP contribution >= 0.6 is 0 Å². The second-order valence-electron chi connectivity index (χ2n) is 2.44. The van der Waals surface area contributed by atoms with E-state index in [1.807, 2.05) is 12.1 Å². The zero-order valence-electron chi connectivity index (χ0n) is 6.84. The summed E-state index contributed by atoms with van der Waals surface area (Å²) in [5.74, 6) is 0.727. The van der Waals surface area contributed by atoms with Gasteiger partial charge in [-0.2, -0.15) is 5.10 Å². The van der Waals surface area contributed by atoms with Gasteiger partial charge in [-0.25, -0.2) is 4.98 Å². The van der Waals surface area contributed by atoms with Crippen molar-refractivity contribution in [1.29, 1.82) is 0 Å². The molecule has 0 saturated carbocycles. The number of rotatable bonds is 3. The van der Waals surface area contributed by atoms with Gasteiger partial charge in [0.2, 0.25) is 0 Å². The highest BCUT2D eigenvalue weighted by molar-refractivity contribution is 5.31. The fourth-order valence-corrected chi connectivity index (χ4v) is 0.902. The Hall–Kier alpha value is -1.91. The van der Waals surface area contributed by atoms with Gasteiger partial charge in [-0.15, -0.1) is 5.10 Å². The first kappa shape index (κ1) is 7.72. The van der Waals surface area contributed by atoms with Gasteiger partial charge < -0.3 is 9.73 Å². The summed E-state index contributed by atoms with van der Waals surface area (Å²) in [5, 5.41) is 10.6. The van der Waals surface area contributed by atoms with Crippen molar-refractivity contribution in [3.05, 3.63) is 36.7 Å². The van der Waals surface area contributed by atoms with Gasteiger partial charge in [-0.05, 0) is 12.1 Å². The molecule has 0 aliphatic carbocycles. The minimum Gasteiger partial charge on any atom is -0.451 e. The highest BCUT2D eigenvalue weighted by atomic mass is 16.3. The first-order valence-electron chi connectivity index (χ1n) is 3.84. The third-order valence-corrected chi connectivity index (χ3v) is 1.51. The number of aromatic nitrogens is 3. The first-order valence-corrected chi connectivity index (χ1v) is 3.84. The Balaban J connectivity index is 1.94. The number of hydrogen-bond acceptors (Lipinski definition) is 5. The molecule has 66 valence electrons. The van der Waals surface area contributed by atoms with Crippen LogP contribution in [0.5, 0.6) is 0 Å². The molecule has 2 heterocycles. The molecular formula is C8H8N4O. The van der Waals surface area contributed by atoms with Crippen molar-refractivity contribution in [3.8, 4) is 0 Å². The molecule has 0 radical (unpaired) electrons. The van der Waals surface area contributed by atoms with E-state index in [2.05, 4.69) is 20.5 Å². The minimum absolute atomic E-state index is 0.592. The summed E-state index contributed by atoms with van der Waals surface area (Å²) < 4.78 is 4.82. The van der Waals surface area contributed by atoms with E-state index in [4.69, 9.17) is 4.42 Å². The van der Waals surface area contributed by atoms with Crippen LogP contribution in [-0.4, -0.2) is 15.2 Å². The Morgan fingerprint density at radius 1 is 1.46 bits per heavy atom. The number of nitrogens with one attached hydrogen (secondary N) is 1. The van der Waals surface area contributed by atoms with E-state index in [-0.39, 0.29) is 0 Å². The third-order valence-electron chi connectivity index (χ3n) is 1.51. The molecule has 1 N–H and O–H groups in total. The lowest BCUT2D eigenvalue weighted by Crippen LogP contribution is -2.01. The maximum Gasteiger partial charge on any atom is 0.180 e. The molecule has 0 bridgehead atoms. The summed E-state index contributed by atoms with van der Waals surface area (Å²) in [5.41, 5.74) is 0.839. The van der Waals surface area contributed by atoms with Crippen LogP contribution < -0.4 is 5.32 Å². The smallest absolute Gasteiger partial charge is 0.180 e. The van der Waals surface area contributed by atoms with Gasteiger partial charge in [0.15, 0.2) is 6.39 Å². The summed E-state index contributed by atoms with van der Waals surface area (Å²) in [6.45, 7) is 0.592. The van der Waals surface area contributed by atoms with Gasteiger partial charge in [0.05, 0.1) is 12.2 Å². The Morgan fingerprint density at radius 2 is 2.46 bits per heavy atom. The molecule has 5 nitrogen and oxygen atoms in total. The van der Waals surface area contributed by atoms with E-state index in [0.29, 0.717) is 6.54 Å².